The minimum Gasteiger partial charge on any atom is -0.326 e. The second-order valence-corrected chi connectivity index (χ2v) is 6.09. The number of benzene rings is 2. The number of aryl methyl sites for hydroxylation is 1. The minimum absolute atomic E-state index is 0.622. The van der Waals surface area contributed by atoms with Crippen LogP contribution in [0.1, 0.15) is 35.1 Å². The minimum atomic E-state index is 0.622. The van der Waals surface area contributed by atoms with Crippen molar-refractivity contribution in [2.75, 3.05) is 0 Å². The van der Waals surface area contributed by atoms with Crippen LogP contribution in [-0.4, -0.2) is 10.9 Å². The van der Waals surface area contributed by atoms with Crippen LogP contribution in [0.25, 0.3) is 0 Å². The summed E-state index contributed by atoms with van der Waals surface area (Å²) < 4.78 is 0. The molecular weight excluding hydrogens is 256 g/mol. The van der Waals surface area contributed by atoms with E-state index >= 15 is 0 Å². The number of nitrogens with zero attached hydrogens (tertiary/aromatic N) is 1. The predicted molar refractivity (Wildman–Crippen MR) is 87.8 cm³/mol. The van der Waals surface area contributed by atoms with Crippen molar-refractivity contribution in [2.24, 2.45) is 5.73 Å². The summed E-state index contributed by atoms with van der Waals surface area (Å²) in [7, 11) is 0. The Morgan fingerprint density at radius 1 is 1.00 bits per heavy atom. The van der Waals surface area contributed by atoms with Crippen LogP contribution in [0.4, 0.5) is 0 Å². The average Bonchev–Trinajstić information content (AvgIpc) is 3.34. The summed E-state index contributed by atoms with van der Waals surface area (Å²) in [6, 6.07) is 18.2. The molecule has 21 heavy (non-hydrogen) atoms. The van der Waals surface area contributed by atoms with Crippen LogP contribution in [0, 0.1) is 6.92 Å². The molecule has 1 aliphatic carbocycles. The summed E-state index contributed by atoms with van der Waals surface area (Å²) in [4.78, 5) is 2.61. The molecule has 0 atom stereocenters. The highest BCUT2D eigenvalue weighted by atomic mass is 15.2. The molecule has 0 heterocycles. The summed E-state index contributed by atoms with van der Waals surface area (Å²) in [5, 5.41) is 0. The first kappa shape index (κ1) is 14.3. The van der Waals surface area contributed by atoms with E-state index in [-0.39, 0.29) is 0 Å². The first-order chi connectivity index (χ1) is 10.3. The van der Waals surface area contributed by atoms with Gasteiger partial charge in [-0.3, -0.25) is 4.90 Å². The Labute approximate surface area is 127 Å². The first-order valence-electron chi connectivity index (χ1n) is 7.82. The fraction of sp³-hybridized carbons (Fsp3) is 0.368. The molecule has 0 aliphatic heterocycles. The van der Waals surface area contributed by atoms with Gasteiger partial charge in [-0.1, -0.05) is 48.5 Å². The molecule has 3 rings (SSSR count). The Bertz CT molecular complexity index is 588. The molecule has 1 fully saturated rings. The van der Waals surface area contributed by atoms with Gasteiger partial charge in [0.15, 0.2) is 0 Å². The zero-order valence-corrected chi connectivity index (χ0v) is 12.8. The van der Waals surface area contributed by atoms with Crippen LogP contribution < -0.4 is 5.73 Å². The molecule has 0 bridgehead atoms. The van der Waals surface area contributed by atoms with Gasteiger partial charge < -0.3 is 5.73 Å². The molecule has 1 aliphatic rings. The molecule has 110 valence electrons. The number of hydrogen-bond donors (Lipinski definition) is 1. The third-order valence-corrected chi connectivity index (χ3v) is 4.31. The van der Waals surface area contributed by atoms with Gasteiger partial charge in [0.25, 0.3) is 0 Å². The van der Waals surface area contributed by atoms with Gasteiger partial charge in [-0.2, -0.15) is 0 Å². The second-order valence-electron chi connectivity index (χ2n) is 6.09. The molecule has 2 aromatic carbocycles. The Morgan fingerprint density at radius 2 is 1.76 bits per heavy atom. The molecule has 2 aromatic rings. The molecule has 0 amide bonds. The van der Waals surface area contributed by atoms with Crippen LogP contribution >= 0.6 is 0 Å². The molecule has 0 saturated heterocycles. The largest absolute Gasteiger partial charge is 0.326 e. The van der Waals surface area contributed by atoms with E-state index in [0.717, 1.165) is 19.1 Å². The predicted octanol–water partition coefficient (Wildman–Crippen LogP) is 3.62. The van der Waals surface area contributed by atoms with E-state index in [4.69, 9.17) is 5.73 Å². The number of hydrogen-bond acceptors (Lipinski definition) is 2. The molecular formula is C19H24N2. The summed E-state index contributed by atoms with van der Waals surface area (Å²) in [6.45, 7) is 4.90. The molecule has 2 nitrogen and oxygen atoms in total. The van der Waals surface area contributed by atoms with Crippen LogP contribution in [0.3, 0.4) is 0 Å². The highest BCUT2D eigenvalue weighted by molar-refractivity contribution is 5.31. The van der Waals surface area contributed by atoms with Crippen molar-refractivity contribution in [3.63, 3.8) is 0 Å². The lowest BCUT2D eigenvalue weighted by Crippen LogP contribution is -2.25. The maximum atomic E-state index is 5.72. The number of nitrogens with two attached hydrogens (primary N) is 1. The van der Waals surface area contributed by atoms with Crippen molar-refractivity contribution in [1.82, 2.24) is 4.90 Å². The van der Waals surface area contributed by atoms with Gasteiger partial charge in [0.2, 0.25) is 0 Å². The molecule has 0 aromatic heterocycles. The van der Waals surface area contributed by atoms with Gasteiger partial charge in [-0.15, -0.1) is 0 Å². The Kier molecular flexibility index (Phi) is 4.37. The lowest BCUT2D eigenvalue weighted by molar-refractivity contribution is 0.245. The van der Waals surface area contributed by atoms with E-state index in [1.165, 1.54) is 35.1 Å². The Hall–Kier alpha value is -1.64. The molecule has 0 unspecified atom stereocenters. The molecule has 2 N–H and O–H groups in total. The van der Waals surface area contributed by atoms with Crippen molar-refractivity contribution < 1.29 is 0 Å². The van der Waals surface area contributed by atoms with E-state index < -0.39 is 0 Å². The summed E-state index contributed by atoms with van der Waals surface area (Å²) in [6.07, 6.45) is 2.68. The third-order valence-electron chi connectivity index (χ3n) is 4.31. The third kappa shape index (κ3) is 3.72. The summed E-state index contributed by atoms with van der Waals surface area (Å²) in [5.41, 5.74) is 11.1. The monoisotopic (exact) mass is 280 g/mol. The maximum absolute atomic E-state index is 5.72. The molecule has 0 spiro atoms. The van der Waals surface area contributed by atoms with Gasteiger partial charge in [0.1, 0.15) is 0 Å². The maximum Gasteiger partial charge on any atom is 0.0242 e. The Balaban J connectivity index is 1.73. The van der Waals surface area contributed by atoms with E-state index in [1.54, 1.807) is 0 Å². The SMILES string of the molecule is Cc1cc(CN)ccc1CN(Cc1ccccc1)C1CC1. The molecule has 0 radical (unpaired) electrons. The topological polar surface area (TPSA) is 29.3 Å². The van der Waals surface area contributed by atoms with E-state index in [1.807, 2.05) is 0 Å². The van der Waals surface area contributed by atoms with E-state index in [9.17, 15) is 0 Å². The zero-order valence-electron chi connectivity index (χ0n) is 12.8. The fourth-order valence-corrected chi connectivity index (χ4v) is 2.85. The van der Waals surface area contributed by atoms with Gasteiger partial charge >= 0.3 is 0 Å². The summed E-state index contributed by atoms with van der Waals surface area (Å²) >= 11 is 0. The molecule has 1 saturated carbocycles. The highest BCUT2D eigenvalue weighted by Crippen LogP contribution is 2.30. The van der Waals surface area contributed by atoms with Crippen molar-refractivity contribution in [3.05, 3.63) is 70.8 Å². The molecule has 2 heteroatoms. The highest BCUT2D eigenvalue weighted by Gasteiger charge is 2.29. The normalized spacial score (nSPS) is 14.6. The van der Waals surface area contributed by atoms with Crippen molar-refractivity contribution >= 4 is 0 Å². The van der Waals surface area contributed by atoms with Crippen LogP contribution in [0.15, 0.2) is 48.5 Å². The van der Waals surface area contributed by atoms with Crippen molar-refractivity contribution in [1.29, 1.82) is 0 Å². The first-order valence-corrected chi connectivity index (χ1v) is 7.82. The smallest absolute Gasteiger partial charge is 0.0242 e. The van der Waals surface area contributed by atoms with Crippen LogP contribution in [0.2, 0.25) is 0 Å². The van der Waals surface area contributed by atoms with Gasteiger partial charge in [0, 0.05) is 25.7 Å². The zero-order chi connectivity index (χ0) is 14.7. The van der Waals surface area contributed by atoms with Crippen LogP contribution in [-0.2, 0) is 19.6 Å². The van der Waals surface area contributed by atoms with Gasteiger partial charge in [-0.25, -0.2) is 0 Å². The summed E-state index contributed by atoms with van der Waals surface area (Å²) in [5.74, 6) is 0. The van der Waals surface area contributed by atoms with Crippen LogP contribution in [0.5, 0.6) is 0 Å². The lowest BCUT2D eigenvalue weighted by Gasteiger charge is -2.23. The van der Waals surface area contributed by atoms with Gasteiger partial charge in [0.05, 0.1) is 0 Å². The van der Waals surface area contributed by atoms with E-state index in [0.29, 0.717) is 6.54 Å². The quantitative estimate of drug-likeness (QED) is 0.875. The van der Waals surface area contributed by atoms with Crippen molar-refractivity contribution in [2.45, 2.75) is 45.4 Å². The van der Waals surface area contributed by atoms with E-state index in [2.05, 4.69) is 60.4 Å². The lowest BCUT2D eigenvalue weighted by atomic mass is 10.0. The fourth-order valence-electron chi connectivity index (χ4n) is 2.85. The van der Waals surface area contributed by atoms with Gasteiger partial charge in [-0.05, 0) is 42.0 Å². The van der Waals surface area contributed by atoms with Crippen molar-refractivity contribution in [3.8, 4) is 0 Å². The average molecular weight is 280 g/mol. The number of rotatable bonds is 6. The Morgan fingerprint density at radius 3 is 2.38 bits per heavy atom. The second kappa shape index (κ2) is 6.42. The standard InChI is InChI=1S/C19H24N2/c1-15-11-17(12-20)7-8-18(15)14-21(19-9-10-19)13-16-5-3-2-4-6-16/h2-8,11,19H,9-10,12-14,20H2,1H3.